The summed E-state index contributed by atoms with van der Waals surface area (Å²) in [5.41, 5.74) is 0. The SMILES string of the molecule is CCCCCCCCCCCCCCCCCCCC(=O)O[C@H](COC(=O)CCCCCCCCCCC)COC(=O)CCCCCCCCCCCCCCCCC(C)CC. The molecule has 0 aliphatic rings. The molecule has 0 saturated heterocycles. The van der Waals surface area contributed by atoms with Crippen molar-refractivity contribution in [2.24, 2.45) is 5.92 Å². The third-order valence-corrected chi connectivity index (χ3v) is 13.2. The van der Waals surface area contributed by atoms with Gasteiger partial charge in [-0.3, -0.25) is 14.4 Å². The minimum atomic E-state index is -0.760. The van der Waals surface area contributed by atoms with Crippen molar-refractivity contribution in [3.8, 4) is 0 Å². The minimum absolute atomic E-state index is 0.0623. The molecule has 0 fully saturated rings. The lowest BCUT2D eigenvalue weighted by Gasteiger charge is -2.18. The summed E-state index contributed by atoms with van der Waals surface area (Å²) in [5.74, 6) is 0.0544. The Balaban J connectivity index is 4.23. The zero-order chi connectivity index (χ0) is 45.2. The van der Waals surface area contributed by atoms with E-state index in [1.807, 2.05) is 0 Å². The molecule has 0 spiro atoms. The van der Waals surface area contributed by atoms with Crippen molar-refractivity contribution in [1.29, 1.82) is 0 Å². The average Bonchev–Trinajstić information content (AvgIpc) is 3.27. The molecule has 62 heavy (non-hydrogen) atoms. The number of carbonyl (C=O) groups excluding carboxylic acids is 3. The number of carbonyl (C=O) groups is 3. The van der Waals surface area contributed by atoms with Crippen molar-refractivity contribution in [3.63, 3.8) is 0 Å². The van der Waals surface area contributed by atoms with Crippen molar-refractivity contribution in [1.82, 2.24) is 0 Å². The maximum atomic E-state index is 12.8. The maximum absolute atomic E-state index is 12.8. The number of unbranched alkanes of at least 4 members (excludes halogenated alkanes) is 37. The van der Waals surface area contributed by atoms with E-state index in [2.05, 4.69) is 27.7 Å². The molecule has 0 bridgehead atoms. The summed E-state index contributed by atoms with van der Waals surface area (Å²) in [6.45, 7) is 9.07. The van der Waals surface area contributed by atoms with Crippen LogP contribution in [-0.2, 0) is 28.6 Å². The van der Waals surface area contributed by atoms with Crippen molar-refractivity contribution in [3.05, 3.63) is 0 Å². The number of rotatable bonds is 51. The van der Waals surface area contributed by atoms with Crippen LogP contribution >= 0.6 is 0 Å². The highest BCUT2D eigenvalue weighted by molar-refractivity contribution is 5.71. The molecule has 2 atom stereocenters. The van der Waals surface area contributed by atoms with Crippen LogP contribution in [0.25, 0.3) is 0 Å². The summed E-state index contributed by atoms with van der Waals surface area (Å²) in [7, 11) is 0. The van der Waals surface area contributed by atoms with Crippen molar-refractivity contribution in [2.45, 2.75) is 323 Å². The maximum Gasteiger partial charge on any atom is 0.306 e. The molecule has 0 saturated carbocycles. The quantitative estimate of drug-likeness (QED) is 0.0344. The van der Waals surface area contributed by atoms with Gasteiger partial charge in [0.05, 0.1) is 0 Å². The molecular formula is C56H108O6. The van der Waals surface area contributed by atoms with Crippen LogP contribution in [-0.4, -0.2) is 37.2 Å². The van der Waals surface area contributed by atoms with Gasteiger partial charge in [0.25, 0.3) is 0 Å². The van der Waals surface area contributed by atoms with Crippen LogP contribution in [0.15, 0.2) is 0 Å². The Morgan fingerprint density at radius 2 is 0.565 bits per heavy atom. The van der Waals surface area contributed by atoms with E-state index < -0.39 is 6.10 Å². The second-order valence-corrected chi connectivity index (χ2v) is 19.5. The van der Waals surface area contributed by atoms with Crippen molar-refractivity contribution >= 4 is 17.9 Å². The van der Waals surface area contributed by atoms with E-state index in [1.165, 1.54) is 212 Å². The number of ether oxygens (including phenoxy) is 3. The molecule has 0 N–H and O–H groups in total. The van der Waals surface area contributed by atoms with Crippen LogP contribution < -0.4 is 0 Å². The fourth-order valence-electron chi connectivity index (χ4n) is 8.54. The topological polar surface area (TPSA) is 78.9 Å². The van der Waals surface area contributed by atoms with E-state index in [4.69, 9.17) is 14.2 Å². The molecule has 0 rings (SSSR count). The lowest BCUT2D eigenvalue weighted by Crippen LogP contribution is -2.30. The average molecular weight is 877 g/mol. The zero-order valence-corrected chi connectivity index (χ0v) is 42.3. The fourth-order valence-corrected chi connectivity index (χ4v) is 8.54. The summed E-state index contributed by atoms with van der Waals surface area (Å²) in [6, 6.07) is 0. The minimum Gasteiger partial charge on any atom is -0.462 e. The van der Waals surface area contributed by atoms with Crippen LogP contribution in [0.4, 0.5) is 0 Å². The molecule has 0 aromatic rings. The molecule has 0 aliphatic heterocycles. The van der Waals surface area contributed by atoms with Gasteiger partial charge in [0.2, 0.25) is 0 Å². The predicted octanol–water partition coefficient (Wildman–Crippen LogP) is 18.2. The van der Waals surface area contributed by atoms with Gasteiger partial charge in [-0.2, -0.15) is 0 Å². The largest absolute Gasteiger partial charge is 0.462 e. The van der Waals surface area contributed by atoms with Gasteiger partial charge in [0.15, 0.2) is 6.10 Å². The molecule has 368 valence electrons. The summed E-state index contributed by atoms with van der Waals surface area (Å²) in [6.07, 6.45) is 53.7. The van der Waals surface area contributed by atoms with E-state index in [0.29, 0.717) is 19.3 Å². The van der Waals surface area contributed by atoms with Crippen LogP contribution in [0.5, 0.6) is 0 Å². The second-order valence-electron chi connectivity index (χ2n) is 19.5. The highest BCUT2D eigenvalue weighted by Crippen LogP contribution is 2.18. The smallest absolute Gasteiger partial charge is 0.306 e. The molecule has 0 amide bonds. The summed E-state index contributed by atoms with van der Waals surface area (Å²) >= 11 is 0. The predicted molar refractivity (Wildman–Crippen MR) is 266 cm³/mol. The molecule has 0 aromatic carbocycles. The van der Waals surface area contributed by atoms with Gasteiger partial charge in [-0.1, -0.05) is 278 Å². The number of esters is 3. The lowest BCUT2D eigenvalue weighted by molar-refractivity contribution is -0.167. The van der Waals surface area contributed by atoms with Gasteiger partial charge >= 0.3 is 17.9 Å². The standard InChI is InChI=1S/C56H108O6/c1-5-8-10-12-14-16-17-18-19-20-21-26-29-33-37-41-45-49-56(59)62-53(50-60-54(57)47-43-39-35-30-15-13-11-9-6-2)51-61-55(58)48-44-40-36-32-28-25-23-22-24-27-31-34-38-42-46-52(4)7-3/h52-53H,5-51H2,1-4H3/t52?,53-/m1/s1. The molecule has 6 nitrogen and oxygen atoms in total. The molecule has 1 unspecified atom stereocenters. The Morgan fingerprint density at radius 1 is 0.323 bits per heavy atom. The number of hydrogen-bond acceptors (Lipinski definition) is 6. The monoisotopic (exact) mass is 877 g/mol. The van der Waals surface area contributed by atoms with E-state index in [9.17, 15) is 14.4 Å². The molecular weight excluding hydrogens is 769 g/mol. The van der Waals surface area contributed by atoms with Crippen molar-refractivity contribution in [2.75, 3.05) is 13.2 Å². The molecule has 0 aliphatic carbocycles. The van der Waals surface area contributed by atoms with Crippen LogP contribution in [0.1, 0.15) is 317 Å². The van der Waals surface area contributed by atoms with Gasteiger partial charge in [-0.05, 0) is 25.2 Å². The van der Waals surface area contributed by atoms with Gasteiger partial charge < -0.3 is 14.2 Å². The first-order valence-electron chi connectivity index (χ1n) is 27.9. The lowest BCUT2D eigenvalue weighted by atomic mass is 9.99. The molecule has 0 aromatic heterocycles. The Kier molecular flexibility index (Phi) is 49.1. The Morgan fingerprint density at radius 3 is 0.839 bits per heavy atom. The van der Waals surface area contributed by atoms with E-state index >= 15 is 0 Å². The van der Waals surface area contributed by atoms with Crippen LogP contribution in [0.3, 0.4) is 0 Å². The summed E-state index contributed by atoms with van der Waals surface area (Å²) in [4.78, 5) is 38.0. The zero-order valence-electron chi connectivity index (χ0n) is 42.3. The van der Waals surface area contributed by atoms with Gasteiger partial charge in [0.1, 0.15) is 13.2 Å². The highest BCUT2D eigenvalue weighted by Gasteiger charge is 2.19. The van der Waals surface area contributed by atoms with Gasteiger partial charge in [-0.25, -0.2) is 0 Å². The highest BCUT2D eigenvalue weighted by atomic mass is 16.6. The van der Waals surface area contributed by atoms with E-state index in [1.54, 1.807) is 0 Å². The first kappa shape index (κ1) is 60.4. The van der Waals surface area contributed by atoms with Crippen LogP contribution in [0, 0.1) is 5.92 Å². The second kappa shape index (κ2) is 50.4. The Labute approximate surface area is 387 Å². The third-order valence-electron chi connectivity index (χ3n) is 13.2. The normalized spacial score (nSPS) is 12.4. The molecule has 0 radical (unpaired) electrons. The van der Waals surface area contributed by atoms with Gasteiger partial charge in [0, 0.05) is 19.3 Å². The molecule has 0 heterocycles. The summed E-state index contributed by atoms with van der Waals surface area (Å²) < 4.78 is 16.8. The van der Waals surface area contributed by atoms with E-state index in [-0.39, 0.29) is 31.1 Å². The summed E-state index contributed by atoms with van der Waals surface area (Å²) in [5, 5.41) is 0. The van der Waals surface area contributed by atoms with Crippen molar-refractivity contribution < 1.29 is 28.6 Å². The first-order chi connectivity index (χ1) is 30.4. The Hall–Kier alpha value is -1.59. The molecule has 6 heteroatoms. The third kappa shape index (κ3) is 47.9. The van der Waals surface area contributed by atoms with Gasteiger partial charge in [-0.15, -0.1) is 0 Å². The van der Waals surface area contributed by atoms with Crippen LogP contribution in [0.2, 0.25) is 0 Å². The van der Waals surface area contributed by atoms with E-state index in [0.717, 1.165) is 63.7 Å². The first-order valence-corrected chi connectivity index (χ1v) is 27.9. The fraction of sp³-hybridized carbons (Fsp3) is 0.946. The number of hydrogen-bond donors (Lipinski definition) is 0. The Bertz CT molecular complexity index is 935.